The van der Waals surface area contributed by atoms with E-state index < -0.39 is 0 Å². The van der Waals surface area contributed by atoms with Gasteiger partial charge in [0.15, 0.2) is 6.42 Å². The van der Waals surface area contributed by atoms with E-state index in [4.69, 9.17) is 11.6 Å². The number of halogens is 1. The van der Waals surface area contributed by atoms with Crippen LogP contribution in [0.5, 0.6) is 0 Å². The first-order chi connectivity index (χ1) is 24.9. The SMILES string of the molecule is CCC(=O)N(c1ccccc1)C1CCN(CCc2ccccc2)CC1.[CH2+]CC(=O)Cl.c1ccc(CCN2CCC(Nc3ccccc3)CC2)cc1. The summed E-state index contributed by atoms with van der Waals surface area (Å²) in [5, 5.41) is 3.26. The standard InChI is InChI=1S/C22H28N2O.C19H24N2.C3H4ClO/c1-2-22(25)24(20-11-7-4-8-12-20)21-14-17-23(18-15-21)16-13-19-9-5-3-6-10-19;1-3-7-17(8-4-1)11-14-21-15-12-19(13-16-21)20-18-9-5-2-6-10-18;1-2-3(4)5/h3-12,21H,2,13-18H2,1H3;1-10,19-20H,11-16H2;1-2H2/q;;+1. The van der Waals surface area contributed by atoms with Crippen molar-refractivity contribution < 1.29 is 9.59 Å². The van der Waals surface area contributed by atoms with E-state index in [0.717, 1.165) is 51.0 Å². The number of anilines is 2. The monoisotopic (exact) mass is 707 g/mol. The van der Waals surface area contributed by atoms with Crippen LogP contribution in [-0.2, 0) is 22.4 Å². The second-order valence-corrected chi connectivity index (χ2v) is 13.6. The highest BCUT2D eigenvalue weighted by Gasteiger charge is 2.28. The molecule has 1 amide bonds. The minimum absolute atomic E-state index is 0.182. The summed E-state index contributed by atoms with van der Waals surface area (Å²) in [5.41, 5.74) is 5.14. The van der Waals surface area contributed by atoms with Crippen molar-refractivity contribution in [1.82, 2.24) is 9.80 Å². The van der Waals surface area contributed by atoms with Crippen molar-refractivity contribution in [3.63, 3.8) is 0 Å². The Balaban J connectivity index is 0.000000204. The molecule has 0 bridgehead atoms. The maximum atomic E-state index is 12.5. The zero-order valence-electron chi connectivity index (χ0n) is 30.3. The number of hydrogen-bond acceptors (Lipinski definition) is 5. The first-order valence-electron chi connectivity index (χ1n) is 18.6. The van der Waals surface area contributed by atoms with Gasteiger partial charge >= 0.3 is 0 Å². The molecular formula is C44H56ClN4O2+. The first kappa shape index (κ1) is 39.7. The topological polar surface area (TPSA) is 55.9 Å². The largest absolute Gasteiger partial charge is 0.382 e. The third-order valence-electron chi connectivity index (χ3n) is 9.58. The van der Waals surface area contributed by atoms with Gasteiger partial charge in [-0.3, -0.25) is 9.59 Å². The second-order valence-electron chi connectivity index (χ2n) is 13.2. The van der Waals surface area contributed by atoms with Crippen LogP contribution in [0.4, 0.5) is 11.4 Å². The molecule has 2 heterocycles. The fraction of sp³-hybridized carbons (Fsp3) is 0.386. The molecule has 51 heavy (non-hydrogen) atoms. The Hall–Kier alpha value is -4.10. The smallest absolute Gasteiger partial charge is 0.265 e. The zero-order valence-corrected chi connectivity index (χ0v) is 31.1. The van der Waals surface area contributed by atoms with Gasteiger partial charge in [0.1, 0.15) is 0 Å². The van der Waals surface area contributed by atoms with Gasteiger partial charge in [0, 0.05) is 69.1 Å². The lowest BCUT2D eigenvalue weighted by Crippen LogP contribution is -2.47. The fourth-order valence-electron chi connectivity index (χ4n) is 6.65. The van der Waals surface area contributed by atoms with Gasteiger partial charge in [-0.05, 0) is 85.5 Å². The molecule has 2 aliphatic heterocycles. The van der Waals surface area contributed by atoms with Crippen molar-refractivity contribution in [3.05, 3.63) is 139 Å². The molecule has 0 aromatic heterocycles. The number of benzene rings is 4. The number of amides is 1. The summed E-state index contributed by atoms with van der Waals surface area (Å²) in [6.07, 6.45) is 7.59. The number of nitrogens with zero attached hydrogens (tertiary/aromatic N) is 3. The number of nitrogens with one attached hydrogen (secondary N) is 1. The van der Waals surface area contributed by atoms with Crippen LogP contribution in [0.1, 0.15) is 56.6 Å². The molecule has 4 aromatic carbocycles. The summed E-state index contributed by atoms with van der Waals surface area (Å²) in [7, 11) is 0. The Bertz CT molecular complexity index is 1510. The molecule has 0 spiro atoms. The maximum Gasteiger partial charge on any atom is 0.265 e. The molecule has 7 heteroatoms. The van der Waals surface area contributed by atoms with Gasteiger partial charge in [0.05, 0.1) is 6.92 Å². The van der Waals surface area contributed by atoms with Gasteiger partial charge < -0.3 is 20.0 Å². The zero-order chi connectivity index (χ0) is 36.1. The summed E-state index contributed by atoms with van der Waals surface area (Å²) in [4.78, 5) is 29.2. The normalized spacial score (nSPS) is 15.4. The van der Waals surface area contributed by atoms with E-state index in [1.165, 1.54) is 49.3 Å². The van der Waals surface area contributed by atoms with Crippen molar-refractivity contribution in [1.29, 1.82) is 0 Å². The maximum absolute atomic E-state index is 12.5. The van der Waals surface area contributed by atoms with Crippen molar-refractivity contribution in [3.8, 4) is 0 Å². The number of likely N-dealkylation sites (tertiary alicyclic amines) is 2. The Kier molecular flexibility index (Phi) is 17.6. The van der Waals surface area contributed by atoms with Crippen LogP contribution in [0.3, 0.4) is 0 Å². The lowest BCUT2D eigenvalue weighted by atomic mass is 10.0. The number of para-hydroxylation sites is 2. The second kappa shape index (κ2) is 22.7. The van der Waals surface area contributed by atoms with Gasteiger partial charge in [-0.1, -0.05) is 104 Å². The van der Waals surface area contributed by atoms with Crippen molar-refractivity contribution >= 4 is 34.1 Å². The molecule has 0 saturated carbocycles. The number of hydrogen-bond donors (Lipinski definition) is 1. The Morgan fingerprint density at radius 1 is 0.686 bits per heavy atom. The molecule has 0 unspecified atom stereocenters. The van der Waals surface area contributed by atoms with E-state index in [-0.39, 0.29) is 17.6 Å². The molecule has 6 nitrogen and oxygen atoms in total. The van der Waals surface area contributed by atoms with E-state index in [1.807, 2.05) is 30.0 Å². The molecule has 6 rings (SSSR count). The highest BCUT2D eigenvalue weighted by molar-refractivity contribution is 6.63. The van der Waals surface area contributed by atoms with Crippen molar-refractivity contribution in [2.75, 3.05) is 49.5 Å². The average molecular weight is 708 g/mol. The van der Waals surface area contributed by atoms with E-state index in [2.05, 4.69) is 125 Å². The molecule has 2 saturated heterocycles. The van der Waals surface area contributed by atoms with Gasteiger partial charge in [0.2, 0.25) is 5.91 Å². The van der Waals surface area contributed by atoms with Crippen LogP contribution in [0, 0.1) is 6.92 Å². The van der Waals surface area contributed by atoms with Crippen molar-refractivity contribution in [2.45, 2.75) is 70.4 Å². The lowest BCUT2D eigenvalue weighted by Gasteiger charge is -2.38. The molecule has 0 radical (unpaired) electrons. The van der Waals surface area contributed by atoms with Gasteiger partial charge in [0.25, 0.3) is 5.24 Å². The molecule has 0 atom stereocenters. The van der Waals surface area contributed by atoms with Gasteiger partial charge in [-0.25, -0.2) is 0 Å². The minimum Gasteiger partial charge on any atom is -0.382 e. The number of rotatable bonds is 12. The average Bonchev–Trinajstić information content (AvgIpc) is 3.19. The summed E-state index contributed by atoms with van der Waals surface area (Å²) < 4.78 is 0. The number of carbonyl (C=O) groups excluding carboxylic acids is 2. The van der Waals surface area contributed by atoms with Crippen molar-refractivity contribution in [2.24, 2.45) is 0 Å². The Labute approximate surface area is 311 Å². The molecule has 1 N–H and O–H groups in total. The highest BCUT2D eigenvalue weighted by atomic mass is 35.5. The fourth-order valence-corrected chi connectivity index (χ4v) is 6.65. The highest BCUT2D eigenvalue weighted by Crippen LogP contribution is 2.25. The van der Waals surface area contributed by atoms with E-state index in [9.17, 15) is 9.59 Å². The van der Waals surface area contributed by atoms with Crippen LogP contribution in [0.25, 0.3) is 0 Å². The van der Waals surface area contributed by atoms with E-state index in [0.29, 0.717) is 18.5 Å². The molecule has 2 aliphatic rings. The number of piperidine rings is 2. The third-order valence-corrected chi connectivity index (χ3v) is 9.76. The van der Waals surface area contributed by atoms with E-state index >= 15 is 0 Å². The Morgan fingerprint density at radius 3 is 1.53 bits per heavy atom. The van der Waals surface area contributed by atoms with Crippen LogP contribution >= 0.6 is 11.6 Å². The minimum atomic E-state index is -0.384. The quantitative estimate of drug-likeness (QED) is 0.118. The summed E-state index contributed by atoms with van der Waals surface area (Å²) in [6.45, 7) is 12.0. The summed E-state index contributed by atoms with van der Waals surface area (Å²) >= 11 is 4.76. The predicted molar refractivity (Wildman–Crippen MR) is 214 cm³/mol. The van der Waals surface area contributed by atoms with Crippen LogP contribution in [-0.4, -0.2) is 72.3 Å². The van der Waals surface area contributed by atoms with Crippen LogP contribution < -0.4 is 10.2 Å². The lowest BCUT2D eigenvalue weighted by molar-refractivity contribution is -0.119. The first-order valence-corrected chi connectivity index (χ1v) is 19.0. The number of carbonyl (C=O) groups is 2. The van der Waals surface area contributed by atoms with Crippen LogP contribution in [0.2, 0.25) is 0 Å². The molecule has 4 aromatic rings. The molecule has 270 valence electrons. The van der Waals surface area contributed by atoms with Gasteiger partial charge in [-0.2, -0.15) is 0 Å². The molecular weight excluding hydrogens is 652 g/mol. The van der Waals surface area contributed by atoms with Crippen LogP contribution in [0.15, 0.2) is 121 Å². The molecule has 2 fully saturated rings. The molecule has 0 aliphatic carbocycles. The Morgan fingerprint density at radius 2 is 1.10 bits per heavy atom. The predicted octanol–water partition coefficient (Wildman–Crippen LogP) is 8.92. The summed E-state index contributed by atoms with van der Waals surface area (Å²) in [6, 6.07) is 43.1. The van der Waals surface area contributed by atoms with E-state index in [1.54, 1.807) is 0 Å². The summed E-state index contributed by atoms with van der Waals surface area (Å²) in [5.74, 6) is 0.230. The van der Waals surface area contributed by atoms with Gasteiger partial charge in [-0.15, -0.1) is 0 Å². The third kappa shape index (κ3) is 14.6.